The molecule has 1 saturated heterocycles. The Balaban J connectivity index is 2.09. The second-order valence-corrected chi connectivity index (χ2v) is 6.88. The molecule has 2 amide bonds. The number of carbonyl (C=O) groups excluding carboxylic acids is 2. The summed E-state index contributed by atoms with van der Waals surface area (Å²) < 4.78 is 0. The Kier molecular flexibility index (Phi) is 5.49. The summed E-state index contributed by atoms with van der Waals surface area (Å²) in [5.41, 5.74) is -0.123. The molecule has 0 saturated carbocycles. The lowest BCUT2D eigenvalue weighted by atomic mass is 9.90. The Morgan fingerprint density at radius 1 is 1.33 bits per heavy atom. The zero-order valence-corrected chi connectivity index (χ0v) is 14.5. The number of halogens is 1. The van der Waals surface area contributed by atoms with Crippen LogP contribution in [0.2, 0.25) is 5.02 Å². The molecule has 6 nitrogen and oxygen atoms in total. The summed E-state index contributed by atoms with van der Waals surface area (Å²) in [7, 11) is 0. The van der Waals surface area contributed by atoms with E-state index in [-0.39, 0.29) is 24.8 Å². The van der Waals surface area contributed by atoms with Gasteiger partial charge in [-0.05, 0) is 31.0 Å². The molecule has 0 aliphatic carbocycles. The maximum absolute atomic E-state index is 12.5. The third-order valence-corrected chi connectivity index (χ3v) is 4.62. The number of carboxylic acid groups (broad SMARTS) is 1. The van der Waals surface area contributed by atoms with Gasteiger partial charge in [-0.2, -0.15) is 0 Å². The Morgan fingerprint density at radius 3 is 2.46 bits per heavy atom. The molecule has 1 aliphatic heterocycles. The minimum absolute atomic E-state index is 0.0803. The molecule has 2 N–H and O–H groups in total. The van der Waals surface area contributed by atoms with E-state index >= 15 is 0 Å². The summed E-state index contributed by atoms with van der Waals surface area (Å²) in [5.74, 6) is -1.30. The summed E-state index contributed by atoms with van der Waals surface area (Å²) >= 11 is 5.87. The van der Waals surface area contributed by atoms with Crippen LogP contribution in [0.1, 0.15) is 38.3 Å². The maximum atomic E-state index is 12.5. The largest absolute Gasteiger partial charge is 0.481 e. The number of carbonyl (C=O) groups is 3. The lowest BCUT2D eigenvalue weighted by Crippen LogP contribution is -2.37. The summed E-state index contributed by atoms with van der Waals surface area (Å²) in [6.45, 7) is 3.64. The van der Waals surface area contributed by atoms with Gasteiger partial charge in [0.2, 0.25) is 11.8 Å². The number of carboxylic acids is 1. The highest BCUT2D eigenvalue weighted by Crippen LogP contribution is 2.31. The van der Waals surface area contributed by atoms with Crippen LogP contribution in [0.3, 0.4) is 0 Å². The minimum atomic E-state index is -0.903. The molecule has 1 fully saturated rings. The van der Waals surface area contributed by atoms with E-state index in [1.165, 1.54) is 6.92 Å². The van der Waals surface area contributed by atoms with Crippen molar-refractivity contribution in [2.75, 3.05) is 13.1 Å². The van der Waals surface area contributed by atoms with Crippen molar-refractivity contribution in [3.05, 3.63) is 34.9 Å². The van der Waals surface area contributed by atoms with E-state index in [4.69, 9.17) is 11.6 Å². The highest BCUT2D eigenvalue weighted by Gasteiger charge is 2.42. The number of likely N-dealkylation sites (tertiary alicyclic amines) is 1. The molecule has 0 spiro atoms. The molecule has 130 valence electrons. The fourth-order valence-electron chi connectivity index (χ4n) is 2.84. The van der Waals surface area contributed by atoms with E-state index in [0.29, 0.717) is 18.0 Å². The first-order valence-electron chi connectivity index (χ1n) is 7.75. The number of nitrogens with one attached hydrogen (secondary N) is 1. The molecule has 0 unspecified atom stereocenters. The van der Waals surface area contributed by atoms with Gasteiger partial charge in [-0.3, -0.25) is 14.4 Å². The number of nitrogens with zero attached hydrogens (tertiary/aromatic N) is 1. The summed E-state index contributed by atoms with van der Waals surface area (Å²) in [6.07, 6.45) is 0.511. The first kappa shape index (κ1) is 18.3. The molecule has 1 heterocycles. The van der Waals surface area contributed by atoms with Crippen molar-refractivity contribution in [2.24, 2.45) is 5.41 Å². The van der Waals surface area contributed by atoms with Crippen LogP contribution in [0.25, 0.3) is 0 Å². The van der Waals surface area contributed by atoms with Crippen molar-refractivity contribution in [2.45, 2.75) is 32.7 Å². The third-order valence-electron chi connectivity index (χ3n) is 4.37. The van der Waals surface area contributed by atoms with Gasteiger partial charge < -0.3 is 15.3 Å². The number of hydrogen-bond acceptors (Lipinski definition) is 3. The van der Waals surface area contributed by atoms with Crippen molar-refractivity contribution in [1.29, 1.82) is 0 Å². The molecule has 1 aliphatic rings. The van der Waals surface area contributed by atoms with Crippen molar-refractivity contribution in [3.8, 4) is 0 Å². The zero-order chi connectivity index (χ0) is 17.9. The van der Waals surface area contributed by atoms with Gasteiger partial charge in [0.1, 0.15) is 0 Å². The minimum Gasteiger partial charge on any atom is -0.481 e. The van der Waals surface area contributed by atoms with Crippen molar-refractivity contribution < 1.29 is 19.5 Å². The second-order valence-electron chi connectivity index (χ2n) is 6.44. The molecule has 0 radical (unpaired) electrons. The molecule has 7 heteroatoms. The average molecular weight is 353 g/mol. The number of hydrogen-bond donors (Lipinski definition) is 2. The number of amides is 2. The molecule has 1 aromatic rings. The molecular formula is C17H21ClN2O4. The first-order chi connectivity index (χ1) is 11.2. The van der Waals surface area contributed by atoms with Gasteiger partial charge in [0, 0.05) is 25.0 Å². The number of aliphatic carboxylic acids is 1. The van der Waals surface area contributed by atoms with Gasteiger partial charge >= 0.3 is 5.97 Å². The SMILES string of the molecule is CC(=O)N[C@@H](CC(=O)N1CC[C@@](C)(C(=O)O)C1)c1ccc(Cl)cc1. The van der Waals surface area contributed by atoms with Crippen molar-refractivity contribution in [1.82, 2.24) is 10.2 Å². The lowest BCUT2D eigenvalue weighted by molar-refractivity contribution is -0.147. The Bertz CT molecular complexity index is 646. The lowest BCUT2D eigenvalue weighted by Gasteiger charge is -2.23. The van der Waals surface area contributed by atoms with Crippen LogP contribution in [0.5, 0.6) is 0 Å². The number of benzene rings is 1. The fraction of sp³-hybridized carbons (Fsp3) is 0.471. The normalized spacial score (nSPS) is 21.4. The van der Waals surface area contributed by atoms with E-state index in [9.17, 15) is 19.5 Å². The van der Waals surface area contributed by atoms with Crippen LogP contribution in [0.4, 0.5) is 0 Å². The summed E-state index contributed by atoms with van der Waals surface area (Å²) in [4.78, 5) is 36.9. The maximum Gasteiger partial charge on any atom is 0.311 e. The van der Waals surface area contributed by atoms with E-state index in [1.54, 1.807) is 36.1 Å². The van der Waals surface area contributed by atoms with Crippen LogP contribution in [-0.2, 0) is 14.4 Å². The van der Waals surface area contributed by atoms with Crippen molar-refractivity contribution >= 4 is 29.4 Å². The van der Waals surface area contributed by atoms with Gasteiger partial charge in [0.05, 0.1) is 17.9 Å². The van der Waals surface area contributed by atoms with Crippen LogP contribution < -0.4 is 5.32 Å². The fourth-order valence-corrected chi connectivity index (χ4v) is 2.97. The Labute approximate surface area is 145 Å². The van der Waals surface area contributed by atoms with Crippen LogP contribution in [-0.4, -0.2) is 40.9 Å². The smallest absolute Gasteiger partial charge is 0.311 e. The molecule has 2 atom stereocenters. The zero-order valence-electron chi connectivity index (χ0n) is 13.7. The monoisotopic (exact) mass is 352 g/mol. The molecule has 0 bridgehead atoms. The average Bonchev–Trinajstić information content (AvgIpc) is 2.91. The molecule has 24 heavy (non-hydrogen) atoms. The van der Waals surface area contributed by atoms with Crippen LogP contribution in [0, 0.1) is 5.41 Å². The first-order valence-corrected chi connectivity index (χ1v) is 8.13. The van der Waals surface area contributed by atoms with Crippen LogP contribution >= 0.6 is 11.6 Å². The summed E-state index contributed by atoms with van der Waals surface area (Å²) in [5, 5.41) is 12.6. The standard InChI is InChI=1S/C17H21ClN2O4/c1-11(21)19-14(12-3-5-13(18)6-4-12)9-15(22)20-8-7-17(2,10-20)16(23)24/h3-6,14H,7-10H2,1-2H3,(H,19,21)(H,23,24)/t14-,17+/m0/s1. The molecule has 2 rings (SSSR count). The predicted octanol–water partition coefficient (Wildman–Crippen LogP) is 2.23. The third kappa shape index (κ3) is 4.26. The van der Waals surface area contributed by atoms with Gasteiger partial charge in [0.25, 0.3) is 0 Å². The number of rotatable bonds is 5. The van der Waals surface area contributed by atoms with Gasteiger partial charge in [-0.15, -0.1) is 0 Å². The van der Waals surface area contributed by atoms with E-state index in [2.05, 4.69) is 5.32 Å². The highest BCUT2D eigenvalue weighted by molar-refractivity contribution is 6.30. The Hall–Kier alpha value is -2.08. The van der Waals surface area contributed by atoms with Gasteiger partial charge in [-0.1, -0.05) is 23.7 Å². The van der Waals surface area contributed by atoms with Gasteiger partial charge in [0.15, 0.2) is 0 Å². The van der Waals surface area contributed by atoms with Crippen LogP contribution in [0.15, 0.2) is 24.3 Å². The highest BCUT2D eigenvalue weighted by atomic mass is 35.5. The quantitative estimate of drug-likeness (QED) is 0.850. The van der Waals surface area contributed by atoms with E-state index in [0.717, 1.165) is 5.56 Å². The molecular weight excluding hydrogens is 332 g/mol. The van der Waals surface area contributed by atoms with E-state index in [1.807, 2.05) is 0 Å². The van der Waals surface area contributed by atoms with Crippen molar-refractivity contribution in [3.63, 3.8) is 0 Å². The second kappa shape index (κ2) is 7.21. The molecule has 0 aromatic heterocycles. The van der Waals surface area contributed by atoms with E-state index < -0.39 is 17.4 Å². The Morgan fingerprint density at radius 2 is 1.96 bits per heavy atom. The van der Waals surface area contributed by atoms with Gasteiger partial charge in [-0.25, -0.2) is 0 Å². The molecule has 1 aromatic carbocycles. The topological polar surface area (TPSA) is 86.7 Å². The predicted molar refractivity (Wildman–Crippen MR) is 89.6 cm³/mol. The summed E-state index contributed by atoms with van der Waals surface area (Å²) in [6, 6.07) is 6.47.